The third-order valence-electron chi connectivity index (χ3n) is 1.50. The van der Waals surface area contributed by atoms with Crippen LogP contribution < -0.4 is 0 Å². The van der Waals surface area contributed by atoms with Crippen LogP contribution in [0, 0.1) is 0 Å². The van der Waals surface area contributed by atoms with E-state index in [1.54, 1.807) is 7.11 Å². The number of ether oxygens (including phenoxy) is 2. The smallest absolute Gasteiger partial charge is 0.307 e. The van der Waals surface area contributed by atoms with E-state index in [2.05, 4.69) is 0 Å². The molecular weight excluding hydrogens is 170 g/mol. The van der Waals surface area contributed by atoms with E-state index in [9.17, 15) is 0 Å². The van der Waals surface area contributed by atoms with Crippen LogP contribution in [0.1, 0.15) is 20.8 Å². The number of methoxy groups -OCH3 is 1. The first-order chi connectivity index (χ1) is 5.94. The standard InChI is InChI=1S/C9H22NO3/c1-7-12-9(11-6)10(4,5)13-8(2)3/h8-9H,7H2,1-6H3/q+1. The summed E-state index contributed by atoms with van der Waals surface area (Å²) in [4.78, 5) is 5.63. The van der Waals surface area contributed by atoms with Crippen LogP contribution >= 0.6 is 0 Å². The van der Waals surface area contributed by atoms with Crippen LogP contribution in [0.15, 0.2) is 0 Å². The van der Waals surface area contributed by atoms with Gasteiger partial charge in [-0.2, -0.15) is 4.84 Å². The van der Waals surface area contributed by atoms with Crippen LogP contribution in [0.5, 0.6) is 0 Å². The van der Waals surface area contributed by atoms with Gasteiger partial charge in [0, 0.05) is 7.11 Å². The van der Waals surface area contributed by atoms with Crippen molar-refractivity contribution < 1.29 is 19.0 Å². The lowest BCUT2D eigenvalue weighted by molar-refractivity contribution is -1.13. The van der Waals surface area contributed by atoms with E-state index < -0.39 is 0 Å². The summed E-state index contributed by atoms with van der Waals surface area (Å²) in [6.45, 7) is 6.51. The van der Waals surface area contributed by atoms with Gasteiger partial charge in [-0.15, -0.1) is 4.65 Å². The second-order valence-electron chi connectivity index (χ2n) is 3.59. The molecule has 0 fully saturated rings. The average Bonchev–Trinajstić information content (AvgIpc) is 1.97. The molecule has 0 aromatic carbocycles. The van der Waals surface area contributed by atoms with Gasteiger partial charge in [0.25, 0.3) is 0 Å². The van der Waals surface area contributed by atoms with Crippen LogP contribution in [0.25, 0.3) is 0 Å². The zero-order valence-electron chi connectivity index (χ0n) is 9.53. The lowest BCUT2D eigenvalue weighted by Gasteiger charge is -2.33. The van der Waals surface area contributed by atoms with Gasteiger partial charge in [-0.3, -0.25) is 0 Å². The first-order valence-electron chi connectivity index (χ1n) is 4.60. The molecule has 4 heteroatoms. The van der Waals surface area contributed by atoms with Gasteiger partial charge >= 0.3 is 6.41 Å². The summed E-state index contributed by atoms with van der Waals surface area (Å²) in [6.07, 6.45) is -0.222. The third kappa shape index (κ3) is 4.57. The quantitative estimate of drug-likeness (QED) is 0.361. The predicted octanol–water partition coefficient (Wildman–Crippen LogP) is 1.37. The van der Waals surface area contributed by atoms with Crippen molar-refractivity contribution in [3.63, 3.8) is 0 Å². The minimum atomic E-state index is -0.368. The summed E-state index contributed by atoms with van der Waals surface area (Å²) in [6, 6.07) is 0. The van der Waals surface area contributed by atoms with Gasteiger partial charge in [0.15, 0.2) is 0 Å². The van der Waals surface area contributed by atoms with E-state index in [0.29, 0.717) is 6.61 Å². The van der Waals surface area contributed by atoms with Gasteiger partial charge in [0.05, 0.1) is 6.61 Å². The maximum Gasteiger partial charge on any atom is 0.338 e. The topological polar surface area (TPSA) is 27.7 Å². The first-order valence-corrected chi connectivity index (χ1v) is 4.60. The van der Waals surface area contributed by atoms with E-state index >= 15 is 0 Å². The number of nitrogens with zero attached hydrogens (tertiary/aromatic N) is 1. The minimum absolute atomic E-state index is 0.146. The van der Waals surface area contributed by atoms with E-state index in [4.69, 9.17) is 14.3 Å². The molecule has 80 valence electrons. The second-order valence-corrected chi connectivity index (χ2v) is 3.59. The molecule has 0 bridgehead atoms. The lowest BCUT2D eigenvalue weighted by atomic mass is 10.5. The SMILES string of the molecule is CCOC(OC)[N+](C)(C)OC(C)C. The molecule has 0 amide bonds. The Kier molecular flexibility index (Phi) is 5.48. The van der Waals surface area contributed by atoms with Crippen molar-refractivity contribution in [2.45, 2.75) is 33.3 Å². The Hall–Kier alpha value is -0.160. The highest BCUT2D eigenvalue weighted by Crippen LogP contribution is 2.12. The van der Waals surface area contributed by atoms with Crippen LogP contribution in [0.3, 0.4) is 0 Å². The normalized spacial score (nSPS) is 15.0. The molecule has 0 spiro atoms. The largest absolute Gasteiger partial charge is 0.338 e. The fourth-order valence-electron chi connectivity index (χ4n) is 1.24. The van der Waals surface area contributed by atoms with Crippen molar-refractivity contribution in [2.24, 2.45) is 0 Å². The molecule has 0 aliphatic carbocycles. The molecule has 0 radical (unpaired) electrons. The summed E-state index contributed by atoms with van der Waals surface area (Å²) in [5.74, 6) is 0. The molecule has 1 atom stereocenters. The summed E-state index contributed by atoms with van der Waals surface area (Å²) in [5.41, 5.74) is 0. The fraction of sp³-hybridized carbons (Fsp3) is 1.00. The van der Waals surface area contributed by atoms with Crippen molar-refractivity contribution in [3.8, 4) is 0 Å². The van der Waals surface area contributed by atoms with Gasteiger partial charge < -0.3 is 9.47 Å². The number of hydroxylamine groups is 3. The van der Waals surface area contributed by atoms with Crippen LogP contribution in [0.4, 0.5) is 0 Å². The maximum atomic E-state index is 5.63. The van der Waals surface area contributed by atoms with Crippen molar-refractivity contribution in [2.75, 3.05) is 27.8 Å². The molecule has 0 rings (SSSR count). The summed E-state index contributed by atoms with van der Waals surface area (Å²) in [7, 11) is 5.43. The lowest BCUT2D eigenvalue weighted by Crippen LogP contribution is -2.52. The van der Waals surface area contributed by atoms with Crippen LogP contribution in [0.2, 0.25) is 0 Å². The highest BCUT2D eigenvalue weighted by Gasteiger charge is 2.32. The minimum Gasteiger partial charge on any atom is -0.307 e. The number of quaternary nitrogens is 1. The molecule has 0 N–H and O–H groups in total. The Labute approximate surface area is 80.9 Å². The number of hydrogen-bond acceptors (Lipinski definition) is 3. The van der Waals surface area contributed by atoms with Gasteiger partial charge in [-0.05, 0) is 20.8 Å². The number of hydrogen-bond donors (Lipinski definition) is 0. The van der Waals surface area contributed by atoms with E-state index in [0.717, 1.165) is 0 Å². The summed E-state index contributed by atoms with van der Waals surface area (Å²) < 4.78 is 10.8. The number of rotatable bonds is 6. The third-order valence-corrected chi connectivity index (χ3v) is 1.50. The van der Waals surface area contributed by atoms with Crippen molar-refractivity contribution >= 4 is 0 Å². The van der Waals surface area contributed by atoms with Crippen LogP contribution in [-0.4, -0.2) is 45.0 Å². The maximum absolute atomic E-state index is 5.63. The predicted molar refractivity (Wildman–Crippen MR) is 50.8 cm³/mol. The summed E-state index contributed by atoms with van der Waals surface area (Å²) in [5, 5.41) is 0. The second kappa shape index (κ2) is 5.54. The van der Waals surface area contributed by atoms with E-state index in [1.807, 2.05) is 34.9 Å². The van der Waals surface area contributed by atoms with E-state index in [1.165, 1.54) is 0 Å². The Morgan fingerprint density at radius 1 is 1.23 bits per heavy atom. The molecule has 0 aromatic rings. The van der Waals surface area contributed by atoms with Crippen LogP contribution in [-0.2, 0) is 14.3 Å². The monoisotopic (exact) mass is 192 g/mol. The van der Waals surface area contributed by atoms with Gasteiger partial charge in [0.2, 0.25) is 0 Å². The average molecular weight is 192 g/mol. The first kappa shape index (κ1) is 12.8. The van der Waals surface area contributed by atoms with Crippen molar-refractivity contribution in [1.82, 2.24) is 0 Å². The molecule has 0 aliphatic heterocycles. The Morgan fingerprint density at radius 3 is 2.08 bits per heavy atom. The molecule has 0 saturated carbocycles. The zero-order chi connectivity index (χ0) is 10.5. The van der Waals surface area contributed by atoms with E-state index in [-0.39, 0.29) is 17.2 Å². The molecule has 0 saturated heterocycles. The summed E-state index contributed by atoms with van der Waals surface area (Å²) >= 11 is 0. The van der Waals surface area contributed by atoms with Gasteiger partial charge in [-0.1, -0.05) is 0 Å². The fourth-order valence-corrected chi connectivity index (χ4v) is 1.24. The highest BCUT2D eigenvalue weighted by atomic mass is 16.8. The zero-order valence-corrected chi connectivity index (χ0v) is 9.53. The van der Waals surface area contributed by atoms with Crippen molar-refractivity contribution in [3.05, 3.63) is 0 Å². The Morgan fingerprint density at radius 2 is 1.77 bits per heavy atom. The molecule has 0 aliphatic rings. The van der Waals surface area contributed by atoms with Gasteiger partial charge in [-0.25, -0.2) is 0 Å². The molecule has 13 heavy (non-hydrogen) atoms. The molecule has 0 aromatic heterocycles. The Balaban J connectivity index is 4.19. The highest BCUT2D eigenvalue weighted by molar-refractivity contribution is 4.28. The molecule has 1 unspecified atom stereocenters. The van der Waals surface area contributed by atoms with Crippen molar-refractivity contribution in [1.29, 1.82) is 0 Å². The van der Waals surface area contributed by atoms with Gasteiger partial charge in [0.1, 0.15) is 20.2 Å². The molecule has 4 nitrogen and oxygen atoms in total. The Bertz CT molecular complexity index is 137. The molecular formula is C9H22NO3+. The molecule has 0 heterocycles.